The summed E-state index contributed by atoms with van der Waals surface area (Å²) in [4.78, 5) is 48.3. The highest BCUT2D eigenvalue weighted by Gasteiger charge is 2.49. The molecule has 40 heavy (non-hydrogen) atoms. The van der Waals surface area contributed by atoms with Gasteiger partial charge in [0.25, 0.3) is 0 Å². The van der Waals surface area contributed by atoms with Gasteiger partial charge in [0.05, 0.1) is 12.5 Å². The molecule has 0 amide bonds. The van der Waals surface area contributed by atoms with Crippen LogP contribution in [0, 0.1) is 5.92 Å². The van der Waals surface area contributed by atoms with Crippen LogP contribution < -0.4 is 0 Å². The second-order valence-corrected chi connectivity index (χ2v) is 9.19. The van der Waals surface area contributed by atoms with Crippen LogP contribution in [-0.2, 0) is 47.6 Å². The van der Waals surface area contributed by atoms with Gasteiger partial charge in [-0.3, -0.25) is 14.4 Å². The molecule has 1 aliphatic rings. The lowest BCUT2D eigenvalue weighted by molar-refractivity contribution is -0.279. The van der Waals surface area contributed by atoms with Crippen molar-refractivity contribution in [2.75, 3.05) is 13.2 Å². The molecular weight excluding hydrogens is 520 g/mol. The Hall–Kier alpha value is -4.18. The molecule has 10 heteroatoms. The van der Waals surface area contributed by atoms with Gasteiger partial charge in [-0.05, 0) is 35.8 Å². The molecule has 1 fully saturated rings. The van der Waals surface area contributed by atoms with Gasteiger partial charge in [0.15, 0.2) is 6.10 Å². The Labute approximate surface area is 233 Å². The zero-order valence-corrected chi connectivity index (χ0v) is 23.2. The van der Waals surface area contributed by atoms with Crippen molar-refractivity contribution in [3.63, 3.8) is 0 Å². The minimum Gasteiger partial charge on any atom is -0.463 e. The van der Waals surface area contributed by atoms with Gasteiger partial charge in [0, 0.05) is 20.8 Å². The minimum absolute atomic E-state index is 0.102. The van der Waals surface area contributed by atoms with Gasteiger partial charge in [-0.15, -0.1) is 0 Å². The van der Waals surface area contributed by atoms with E-state index in [0.717, 1.165) is 11.1 Å². The second kappa shape index (κ2) is 14.3. The molecule has 0 bridgehead atoms. The average Bonchev–Trinajstić information content (AvgIpc) is 2.91. The van der Waals surface area contributed by atoms with Gasteiger partial charge in [0.1, 0.15) is 18.8 Å². The molecule has 0 saturated carbocycles. The topological polar surface area (TPSA) is 124 Å². The molecule has 1 heterocycles. The number of hydrogen-bond acceptors (Lipinski definition) is 10. The van der Waals surface area contributed by atoms with Crippen molar-refractivity contribution in [2.45, 2.75) is 59.2 Å². The molecule has 0 N–H and O–H groups in total. The summed E-state index contributed by atoms with van der Waals surface area (Å²) in [5.74, 6) is -3.45. The van der Waals surface area contributed by atoms with Gasteiger partial charge in [-0.25, -0.2) is 4.79 Å². The van der Waals surface area contributed by atoms with Crippen LogP contribution in [0.2, 0.25) is 0 Å². The summed E-state index contributed by atoms with van der Waals surface area (Å²) in [6.45, 7) is 6.75. The number of esters is 4. The highest BCUT2D eigenvalue weighted by atomic mass is 16.7. The lowest BCUT2D eigenvalue weighted by Crippen LogP contribution is -2.58. The van der Waals surface area contributed by atoms with E-state index in [-0.39, 0.29) is 19.0 Å². The molecule has 2 aromatic rings. The Morgan fingerprint density at radius 2 is 1.45 bits per heavy atom. The maximum atomic E-state index is 13.0. The molecule has 1 saturated heterocycles. The first-order valence-electron chi connectivity index (χ1n) is 12.9. The summed E-state index contributed by atoms with van der Waals surface area (Å²) < 4.78 is 33.4. The van der Waals surface area contributed by atoms with E-state index in [1.165, 1.54) is 26.8 Å². The number of hydrogen-bond donors (Lipinski definition) is 0. The second-order valence-electron chi connectivity index (χ2n) is 9.19. The van der Waals surface area contributed by atoms with E-state index in [2.05, 4.69) is 0 Å². The zero-order chi connectivity index (χ0) is 29.2. The van der Waals surface area contributed by atoms with Crippen molar-refractivity contribution in [2.24, 2.45) is 5.92 Å². The standard InChI is InChI=1S/C30H34O10/c1-6-35-29(34)25(16-22-11-10-14-24(15-22)23-12-8-7-9-13-23)39-30-18(2)27(37-20(4)32)28(38-21(5)33)26(40-30)17-36-19(3)31/h7-16,18,26-28,30H,6,17H2,1-5H3/b25-16-/t18-,26-,27-,28-,30-/m0/s1. The molecule has 5 atom stereocenters. The van der Waals surface area contributed by atoms with Crippen LogP contribution in [0.4, 0.5) is 0 Å². The first kappa shape index (κ1) is 30.4. The normalized spacial score (nSPS) is 22.5. The van der Waals surface area contributed by atoms with Crippen LogP contribution >= 0.6 is 0 Å². The Morgan fingerprint density at radius 1 is 0.800 bits per heavy atom. The Kier molecular flexibility index (Phi) is 10.8. The molecule has 0 spiro atoms. The van der Waals surface area contributed by atoms with Crippen molar-refractivity contribution >= 4 is 30.0 Å². The third-order valence-electron chi connectivity index (χ3n) is 6.01. The minimum atomic E-state index is -1.16. The quantitative estimate of drug-likeness (QED) is 0.184. The third-order valence-corrected chi connectivity index (χ3v) is 6.01. The fourth-order valence-corrected chi connectivity index (χ4v) is 4.27. The van der Waals surface area contributed by atoms with Crippen LogP contribution in [0.5, 0.6) is 0 Å². The maximum Gasteiger partial charge on any atom is 0.373 e. The lowest BCUT2D eigenvalue weighted by atomic mass is 9.91. The summed E-state index contributed by atoms with van der Waals surface area (Å²) in [5, 5.41) is 0. The molecule has 3 rings (SSSR count). The fourth-order valence-electron chi connectivity index (χ4n) is 4.27. The first-order chi connectivity index (χ1) is 19.1. The van der Waals surface area contributed by atoms with E-state index in [1.54, 1.807) is 13.8 Å². The van der Waals surface area contributed by atoms with Crippen LogP contribution in [0.3, 0.4) is 0 Å². The van der Waals surface area contributed by atoms with Crippen molar-refractivity contribution in [3.8, 4) is 11.1 Å². The van der Waals surface area contributed by atoms with Crippen molar-refractivity contribution in [1.29, 1.82) is 0 Å². The predicted molar refractivity (Wildman–Crippen MR) is 143 cm³/mol. The van der Waals surface area contributed by atoms with Crippen molar-refractivity contribution in [3.05, 3.63) is 65.9 Å². The highest BCUT2D eigenvalue weighted by molar-refractivity contribution is 5.91. The molecule has 1 aliphatic heterocycles. The summed E-state index contributed by atoms with van der Waals surface area (Å²) >= 11 is 0. The summed E-state index contributed by atoms with van der Waals surface area (Å²) in [7, 11) is 0. The van der Waals surface area contributed by atoms with E-state index < -0.39 is 54.4 Å². The predicted octanol–water partition coefficient (Wildman–Crippen LogP) is 4.06. The summed E-state index contributed by atoms with van der Waals surface area (Å²) in [5.41, 5.74) is 2.59. The Balaban J connectivity index is 1.97. The zero-order valence-electron chi connectivity index (χ0n) is 23.2. The van der Waals surface area contributed by atoms with E-state index >= 15 is 0 Å². The van der Waals surface area contributed by atoms with Crippen LogP contribution in [0.25, 0.3) is 17.2 Å². The molecule has 0 unspecified atom stereocenters. The van der Waals surface area contributed by atoms with E-state index in [9.17, 15) is 19.2 Å². The number of benzene rings is 2. The van der Waals surface area contributed by atoms with E-state index in [4.69, 9.17) is 28.4 Å². The van der Waals surface area contributed by atoms with Gasteiger partial charge in [0.2, 0.25) is 12.0 Å². The SMILES string of the molecule is CCOC(=O)/C(=C/c1cccc(-c2ccccc2)c1)O[C@H]1O[C@@H](COC(C)=O)[C@H](OC(C)=O)[C@@H](OC(C)=O)[C@@H]1C. The smallest absolute Gasteiger partial charge is 0.373 e. The van der Waals surface area contributed by atoms with Gasteiger partial charge in [-0.2, -0.15) is 0 Å². The van der Waals surface area contributed by atoms with Crippen molar-refractivity contribution < 1.29 is 47.6 Å². The van der Waals surface area contributed by atoms with Crippen molar-refractivity contribution in [1.82, 2.24) is 0 Å². The monoisotopic (exact) mass is 554 g/mol. The molecule has 214 valence electrons. The molecule has 0 aromatic heterocycles. The molecule has 0 radical (unpaired) electrons. The van der Waals surface area contributed by atoms with E-state index in [1.807, 2.05) is 54.6 Å². The average molecular weight is 555 g/mol. The van der Waals surface area contributed by atoms with Crippen LogP contribution in [0.15, 0.2) is 60.4 Å². The fraction of sp³-hybridized carbons (Fsp3) is 0.400. The van der Waals surface area contributed by atoms with E-state index in [0.29, 0.717) is 5.56 Å². The largest absolute Gasteiger partial charge is 0.463 e. The van der Waals surface area contributed by atoms with Gasteiger partial charge in [-0.1, -0.05) is 55.5 Å². The summed E-state index contributed by atoms with van der Waals surface area (Å²) in [6, 6.07) is 17.2. The van der Waals surface area contributed by atoms with Crippen LogP contribution in [-0.4, -0.2) is 61.7 Å². The molecular formula is C30H34O10. The Morgan fingerprint density at radius 3 is 2.08 bits per heavy atom. The number of rotatable bonds is 10. The molecule has 0 aliphatic carbocycles. The Bertz CT molecular complexity index is 1220. The third kappa shape index (κ3) is 8.41. The first-order valence-corrected chi connectivity index (χ1v) is 12.9. The highest BCUT2D eigenvalue weighted by Crippen LogP contribution is 2.33. The lowest BCUT2D eigenvalue weighted by Gasteiger charge is -2.43. The number of carbonyl (C=O) groups is 4. The summed E-state index contributed by atoms with van der Waals surface area (Å²) in [6.07, 6.45) is -2.80. The molecule has 2 aromatic carbocycles. The van der Waals surface area contributed by atoms with Gasteiger partial charge < -0.3 is 28.4 Å². The molecule has 10 nitrogen and oxygen atoms in total. The van der Waals surface area contributed by atoms with Crippen LogP contribution in [0.1, 0.15) is 40.2 Å². The van der Waals surface area contributed by atoms with Gasteiger partial charge >= 0.3 is 23.9 Å². The number of ether oxygens (including phenoxy) is 6. The number of carbonyl (C=O) groups excluding carboxylic acids is 4. The maximum absolute atomic E-state index is 13.0.